The molecule has 5 N–H and O–H groups in total. The average molecular weight is 493 g/mol. The van der Waals surface area contributed by atoms with Gasteiger partial charge in [0.25, 0.3) is 0 Å². The second-order valence-electron chi connectivity index (χ2n) is 12.1. The standard InChI is InChI=1S/C27H40N8O/c1-3-18(28-9-1)26-30-13-20(33-26)15-5-7-22-24(11-15)36-23-8-6-16(17-12-32-35(22)25(17)23)21-14-31-27(34-21)19-4-2-10-29-19/h13-19,22-25,28-29,32H,1-12H2,(H,30,33)(H,31,34). The van der Waals surface area contributed by atoms with E-state index in [9.17, 15) is 0 Å². The van der Waals surface area contributed by atoms with Crippen LogP contribution in [0.4, 0.5) is 0 Å². The van der Waals surface area contributed by atoms with Crippen molar-refractivity contribution in [3.05, 3.63) is 35.4 Å². The lowest BCUT2D eigenvalue weighted by Crippen LogP contribution is -2.64. The van der Waals surface area contributed by atoms with Crippen LogP contribution in [0.2, 0.25) is 0 Å². The number of aromatic amines is 2. The summed E-state index contributed by atoms with van der Waals surface area (Å²) in [6.45, 7) is 3.26. The van der Waals surface area contributed by atoms with Crippen LogP contribution in [0.3, 0.4) is 0 Å². The molecule has 2 saturated carbocycles. The van der Waals surface area contributed by atoms with Crippen LogP contribution in [0, 0.1) is 5.92 Å². The van der Waals surface area contributed by atoms with Gasteiger partial charge in [0.15, 0.2) is 0 Å². The van der Waals surface area contributed by atoms with Crippen LogP contribution in [0.5, 0.6) is 0 Å². The molecular formula is C27H40N8O. The zero-order valence-electron chi connectivity index (χ0n) is 21.1. The van der Waals surface area contributed by atoms with E-state index in [2.05, 4.69) is 43.4 Å². The molecule has 9 heteroatoms. The van der Waals surface area contributed by atoms with Crippen molar-refractivity contribution >= 4 is 0 Å². The Kier molecular flexibility index (Phi) is 5.50. The van der Waals surface area contributed by atoms with Gasteiger partial charge in [-0.15, -0.1) is 0 Å². The van der Waals surface area contributed by atoms with E-state index in [1.54, 1.807) is 0 Å². The van der Waals surface area contributed by atoms with Gasteiger partial charge in [-0.05, 0) is 70.9 Å². The summed E-state index contributed by atoms with van der Waals surface area (Å²) in [5.74, 6) is 3.91. The van der Waals surface area contributed by atoms with Crippen LogP contribution in [-0.4, -0.2) is 68.9 Å². The molecule has 2 aromatic heterocycles. The minimum atomic E-state index is 0.302. The number of nitrogens with zero attached hydrogens (tertiary/aromatic N) is 3. The molecule has 0 spiro atoms. The van der Waals surface area contributed by atoms with Gasteiger partial charge in [0.1, 0.15) is 11.6 Å². The highest BCUT2D eigenvalue weighted by molar-refractivity contribution is 5.19. The highest BCUT2D eigenvalue weighted by Gasteiger charge is 2.55. The van der Waals surface area contributed by atoms with E-state index < -0.39 is 0 Å². The summed E-state index contributed by atoms with van der Waals surface area (Å²) in [5, 5.41) is 9.80. The third kappa shape index (κ3) is 3.61. The normalized spacial score (nSPS) is 42.5. The molecule has 6 heterocycles. The van der Waals surface area contributed by atoms with Crippen molar-refractivity contribution in [1.82, 2.24) is 41.0 Å². The van der Waals surface area contributed by atoms with Crippen LogP contribution in [0.25, 0.3) is 0 Å². The molecule has 0 aromatic carbocycles. The first-order valence-electron chi connectivity index (χ1n) is 14.6. The van der Waals surface area contributed by atoms with E-state index in [-0.39, 0.29) is 0 Å². The Balaban J connectivity index is 0.968. The van der Waals surface area contributed by atoms with Gasteiger partial charge in [0, 0.05) is 48.1 Å². The summed E-state index contributed by atoms with van der Waals surface area (Å²) in [4.78, 5) is 17.0. The maximum absolute atomic E-state index is 6.94. The molecule has 9 atom stereocenters. The van der Waals surface area contributed by atoms with E-state index in [0.29, 0.717) is 54.1 Å². The fourth-order valence-electron chi connectivity index (χ4n) is 8.45. The molecule has 8 rings (SSSR count). The number of hydrogen-bond acceptors (Lipinski definition) is 7. The van der Waals surface area contributed by atoms with E-state index in [0.717, 1.165) is 44.1 Å². The first kappa shape index (κ1) is 22.2. The molecule has 2 aromatic rings. The zero-order valence-corrected chi connectivity index (χ0v) is 21.1. The Labute approximate surface area is 212 Å². The molecule has 36 heavy (non-hydrogen) atoms. The summed E-state index contributed by atoms with van der Waals surface area (Å²) in [6, 6.07) is 1.76. The highest BCUT2D eigenvalue weighted by Crippen LogP contribution is 2.49. The molecule has 9 nitrogen and oxygen atoms in total. The number of aromatic nitrogens is 4. The fourth-order valence-corrected chi connectivity index (χ4v) is 8.45. The Morgan fingerprint density at radius 2 is 1.56 bits per heavy atom. The van der Waals surface area contributed by atoms with Gasteiger partial charge in [-0.25, -0.2) is 15.0 Å². The smallest absolute Gasteiger partial charge is 0.123 e. The summed E-state index contributed by atoms with van der Waals surface area (Å²) in [7, 11) is 0. The van der Waals surface area contributed by atoms with Crippen LogP contribution < -0.4 is 16.1 Å². The second kappa shape index (κ2) is 8.91. The first-order chi connectivity index (χ1) is 17.8. The Morgan fingerprint density at radius 3 is 2.31 bits per heavy atom. The van der Waals surface area contributed by atoms with Crippen molar-refractivity contribution in [2.45, 2.75) is 106 Å². The molecule has 0 amide bonds. The van der Waals surface area contributed by atoms with Gasteiger partial charge < -0.3 is 25.3 Å². The lowest BCUT2D eigenvalue weighted by Gasteiger charge is -2.53. The fraction of sp³-hybridized carbons (Fsp3) is 0.778. The summed E-state index contributed by atoms with van der Waals surface area (Å²) >= 11 is 0. The zero-order chi connectivity index (χ0) is 23.6. The van der Waals surface area contributed by atoms with Crippen molar-refractivity contribution in [3.63, 3.8) is 0 Å². The number of nitrogens with one attached hydrogen (secondary N) is 5. The minimum Gasteiger partial charge on any atom is -0.372 e. The number of fused-ring (bicyclic) bond motifs is 2. The van der Waals surface area contributed by atoms with Crippen molar-refractivity contribution in [2.24, 2.45) is 5.92 Å². The van der Waals surface area contributed by atoms with Crippen molar-refractivity contribution in [1.29, 1.82) is 0 Å². The Bertz CT molecular complexity index is 1070. The molecular weight excluding hydrogens is 452 g/mol. The predicted molar refractivity (Wildman–Crippen MR) is 135 cm³/mol. The summed E-state index contributed by atoms with van der Waals surface area (Å²) < 4.78 is 6.94. The van der Waals surface area contributed by atoms with Gasteiger partial charge in [-0.1, -0.05) is 0 Å². The number of imidazole rings is 2. The number of hydrazine groups is 1. The molecule has 6 aliphatic rings. The molecule has 9 unspecified atom stereocenters. The second-order valence-corrected chi connectivity index (χ2v) is 12.1. The SMILES string of the molecule is c1nc(C2CCCN2)[nH]c1C1CCC2C(C1)OC1CCC(c3cnc(C4CCCN4)[nH]3)C3CNN2C13. The molecule has 4 saturated heterocycles. The van der Waals surface area contributed by atoms with Gasteiger partial charge in [0.05, 0.1) is 36.4 Å². The van der Waals surface area contributed by atoms with E-state index in [1.165, 1.54) is 56.3 Å². The number of ether oxygens (including phenoxy) is 1. The minimum absolute atomic E-state index is 0.302. The third-order valence-corrected chi connectivity index (χ3v) is 10.2. The maximum Gasteiger partial charge on any atom is 0.123 e. The third-order valence-electron chi connectivity index (χ3n) is 10.2. The van der Waals surface area contributed by atoms with Crippen molar-refractivity contribution in [3.8, 4) is 0 Å². The van der Waals surface area contributed by atoms with Crippen molar-refractivity contribution < 1.29 is 4.74 Å². The number of H-pyrrole nitrogens is 2. The molecule has 0 bridgehead atoms. The molecule has 6 fully saturated rings. The van der Waals surface area contributed by atoms with Crippen LogP contribution in [0.1, 0.15) is 105 Å². The highest BCUT2D eigenvalue weighted by atomic mass is 16.5. The summed E-state index contributed by atoms with van der Waals surface area (Å²) in [6.07, 6.45) is 15.5. The van der Waals surface area contributed by atoms with E-state index in [1.807, 2.05) is 0 Å². The summed E-state index contributed by atoms with van der Waals surface area (Å²) in [5.41, 5.74) is 6.51. The lowest BCUT2D eigenvalue weighted by molar-refractivity contribution is -0.184. The van der Waals surface area contributed by atoms with Crippen molar-refractivity contribution in [2.75, 3.05) is 19.6 Å². The topological polar surface area (TPSA) is 106 Å². The molecule has 0 radical (unpaired) electrons. The monoisotopic (exact) mass is 492 g/mol. The Morgan fingerprint density at radius 1 is 0.806 bits per heavy atom. The number of rotatable bonds is 4. The molecule has 4 aliphatic heterocycles. The first-order valence-corrected chi connectivity index (χ1v) is 14.6. The largest absolute Gasteiger partial charge is 0.372 e. The van der Waals surface area contributed by atoms with Gasteiger partial charge in [-0.3, -0.25) is 5.43 Å². The van der Waals surface area contributed by atoms with Crippen LogP contribution in [0.15, 0.2) is 12.4 Å². The predicted octanol–water partition coefficient (Wildman–Crippen LogP) is 2.77. The van der Waals surface area contributed by atoms with E-state index >= 15 is 0 Å². The number of hydrogen-bond donors (Lipinski definition) is 5. The maximum atomic E-state index is 6.94. The lowest BCUT2D eigenvalue weighted by atomic mass is 9.71. The van der Waals surface area contributed by atoms with Gasteiger partial charge in [0.2, 0.25) is 0 Å². The van der Waals surface area contributed by atoms with Gasteiger partial charge in [-0.2, -0.15) is 0 Å². The number of morpholine rings is 1. The molecule has 194 valence electrons. The molecule has 2 aliphatic carbocycles. The quantitative estimate of drug-likeness (QED) is 0.447. The van der Waals surface area contributed by atoms with Crippen LogP contribution in [-0.2, 0) is 4.74 Å². The average Bonchev–Trinajstić information content (AvgIpc) is 3.74. The van der Waals surface area contributed by atoms with E-state index in [4.69, 9.17) is 14.7 Å². The van der Waals surface area contributed by atoms with Crippen LogP contribution >= 0.6 is 0 Å². The van der Waals surface area contributed by atoms with Gasteiger partial charge >= 0.3 is 0 Å². The Hall–Kier alpha value is -1.78.